The van der Waals surface area contributed by atoms with Crippen molar-refractivity contribution in [1.29, 1.82) is 0 Å². The van der Waals surface area contributed by atoms with Crippen LogP contribution in [0.25, 0.3) is 0 Å². The van der Waals surface area contributed by atoms with Crippen LogP contribution in [0.4, 0.5) is 10.8 Å². The fourth-order valence-electron chi connectivity index (χ4n) is 2.41. The summed E-state index contributed by atoms with van der Waals surface area (Å²) in [7, 11) is 0. The van der Waals surface area contributed by atoms with Crippen molar-refractivity contribution in [3.63, 3.8) is 0 Å². The van der Waals surface area contributed by atoms with E-state index >= 15 is 0 Å². The summed E-state index contributed by atoms with van der Waals surface area (Å²) < 4.78 is 0.756. The zero-order valence-electron chi connectivity index (χ0n) is 15.5. The molecule has 0 bridgehead atoms. The molecule has 140 valence electrons. The van der Waals surface area contributed by atoms with Crippen LogP contribution in [0.5, 0.6) is 0 Å². The van der Waals surface area contributed by atoms with E-state index in [2.05, 4.69) is 34.7 Å². The molecule has 0 saturated heterocycles. The van der Waals surface area contributed by atoms with Gasteiger partial charge >= 0.3 is 0 Å². The van der Waals surface area contributed by atoms with Crippen LogP contribution in [0, 0.1) is 6.92 Å². The molecule has 0 fully saturated rings. The number of anilines is 2. The molecule has 0 aliphatic carbocycles. The highest BCUT2D eigenvalue weighted by Gasteiger charge is 2.24. The molecule has 2 aromatic carbocycles. The van der Waals surface area contributed by atoms with E-state index in [4.69, 9.17) is 0 Å². The standard InChI is InChI=1S/C20H22N4OS2/c1-13(2)21-19-23-24-20(27-19)26-17(15-7-5-4-6-8-15)18(25)22-16-11-9-14(3)10-12-16/h4-13,17H,1-3H3,(H,21,23)(H,22,25). The number of carbonyl (C=O) groups excluding carboxylic acids is 1. The van der Waals surface area contributed by atoms with Gasteiger partial charge in [-0.05, 0) is 38.5 Å². The molecule has 1 amide bonds. The van der Waals surface area contributed by atoms with Crippen LogP contribution in [0.15, 0.2) is 58.9 Å². The van der Waals surface area contributed by atoms with Crippen molar-refractivity contribution < 1.29 is 4.79 Å². The van der Waals surface area contributed by atoms with Gasteiger partial charge in [0.15, 0.2) is 4.34 Å². The van der Waals surface area contributed by atoms with Crippen molar-refractivity contribution in [3.8, 4) is 0 Å². The number of aromatic nitrogens is 2. The Morgan fingerprint density at radius 3 is 2.41 bits per heavy atom. The molecule has 0 spiro atoms. The summed E-state index contributed by atoms with van der Waals surface area (Å²) in [5, 5.41) is 15.0. The van der Waals surface area contributed by atoms with E-state index in [0.717, 1.165) is 26.3 Å². The van der Waals surface area contributed by atoms with Crippen molar-refractivity contribution in [3.05, 3.63) is 65.7 Å². The molecule has 0 saturated carbocycles. The molecule has 2 N–H and O–H groups in total. The Morgan fingerprint density at radius 2 is 1.74 bits per heavy atom. The summed E-state index contributed by atoms with van der Waals surface area (Å²) in [4.78, 5) is 13.0. The second-order valence-corrected chi connectivity index (χ2v) is 8.77. The Morgan fingerprint density at radius 1 is 1.04 bits per heavy atom. The van der Waals surface area contributed by atoms with Gasteiger partial charge in [0.05, 0.1) is 0 Å². The maximum atomic E-state index is 13.0. The Balaban J connectivity index is 1.79. The summed E-state index contributed by atoms with van der Waals surface area (Å²) in [6.07, 6.45) is 0. The van der Waals surface area contributed by atoms with E-state index < -0.39 is 5.25 Å². The van der Waals surface area contributed by atoms with Crippen molar-refractivity contribution >= 4 is 39.8 Å². The number of nitrogens with one attached hydrogen (secondary N) is 2. The zero-order chi connectivity index (χ0) is 19.2. The van der Waals surface area contributed by atoms with Gasteiger partial charge in [0, 0.05) is 11.7 Å². The van der Waals surface area contributed by atoms with Crippen molar-refractivity contribution in [2.75, 3.05) is 10.6 Å². The first kappa shape index (κ1) is 19.4. The van der Waals surface area contributed by atoms with Gasteiger partial charge in [0.2, 0.25) is 11.0 Å². The van der Waals surface area contributed by atoms with Gasteiger partial charge in [0.25, 0.3) is 0 Å². The van der Waals surface area contributed by atoms with Gasteiger partial charge < -0.3 is 10.6 Å². The average Bonchev–Trinajstić information content (AvgIpc) is 3.08. The Bertz CT molecular complexity index is 879. The van der Waals surface area contributed by atoms with E-state index in [1.165, 1.54) is 23.1 Å². The quantitative estimate of drug-likeness (QED) is 0.540. The van der Waals surface area contributed by atoms with Crippen LogP contribution < -0.4 is 10.6 Å². The fourth-order valence-corrected chi connectivity index (χ4v) is 4.50. The van der Waals surface area contributed by atoms with Crippen LogP contribution in [-0.2, 0) is 4.79 Å². The third-order valence-corrected chi connectivity index (χ3v) is 5.89. The predicted molar refractivity (Wildman–Crippen MR) is 114 cm³/mol. The molecule has 0 aliphatic heterocycles. The lowest BCUT2D eigenvalue weighted by molar-refractivity contribution is -0.115. The molecule has 1 aromatic heterocycles. The van der Waals surface area contributed by atoms with Crippen LogP contribution >= 0.6 is 23.1 Å². The molecule has 3 rings (SSSR count). The normalized spacial score (nSPS) is 12.0. The summed E-state index contributed by atoms with van der Waals surface area (Å²) in [6.45, 7) is 6.12. The summed E-state index contributed by atoms with van der Waals surface area (Å²) in [5.74, 6) is -0.0800. The first-order valence-electron chi connectivity index (χ1n) is 8.70. The molecular weight excluding hydrogens is 376 g/mol. The van der Waals surface area contributed by atoms with Gasteiger partial charge in [-0.25, -0.2) is 0 Å². The highest BCUT2D eigenvalue weighted by molar-refractivity contribution is 8.02. The topological polar surface area (TPSA) is 66.9 Å². The van der Waals surface area contributed by atoms with E-state index in [-0.39, 0.29) is 11.9 Å². The van der Waals surface area contributed by atoms with Crippen molar-refractivity contribution in [1.82, 2.24) is 10.2 Å². The lowest BCUT2D eigenvalue weighted by Crippen LogP contribution is -2.19. The second kappa shape index (κ2) is 9.01. The highest BCUT2D eigenvalue weighted by Crippen LogP contribution is 2.38. The van der Waals surface area contributed by atoms with Gasteiger partial charge in [0.1, 0.15) is 5.25 Å². The van der Waals surface area contributed by atoms with E-state index in [1.54, 1.807) is 0 Å². The SMILES string of the molecule is Cc1ccc(NC(=O)C(Sc2nnc(NC(C)C)s2)c2ccccc2)cc1. The van der Waals surface area contributed by atoms with Gasteiger partial charge in [-0.1, -0.05) is 71.1 Å². The molecule has 7 heteroatoms. The first-order valence-corrected chi connectivity index (χ1v) is 10.4. The minimum atomic E-state index is -0.410. The van der Waals surface area contributed by atoms with Crippen LogP contribution in [0.2, 0.25) is 0 Å². The lowest BCUT2D eigenvalue weighted by Gasteiger charge is -2.15. The molecule has 3 aromatic rings. The van der Waals surface area contributed by atoms with Crippen molar-refractivity contribution in [2.45, 2.75) is 36.4 Å². The van der Waals surface area contributed by atoms with Crippen molar-refractivity contribution in [2.24, 2.45) is 0 Å². The second-order valence-electron chi connectivity index (χ2n) is 6.44. The summed E-state index contributed by atoms with van der Waals surface area (Å²) in [5.41, 5.74) is 2.87. The lowest BCUT2D eigenvalue weighted by atomic mass is 10.1. The smallest absolute Gasteiger partial charge is 0.242 e. The number of rotatable bonds is 7. The number of nitrogens with zero attached hydrogens (tertiary/aromatic N) is 2. The molecule has 0 aliphatic rings. The van der Waals surface area contributed by atoms with Crippen LogP contribution in [0.1, 0.15) is 30.2 Å². The number of thioether (sulfide) groups is 1. The Labute approximate surface area is 167 Å². The number of hydrogen-bond donors (Lipinski definition) is 2. The number of aryl methyl sites for hydroxylation is 1. The number of carbonyl (C=O) groups is 1. The van der Waals surface area contributed by atoms with Crippen LogP contribution in [-0.4, -0.2) is 22.1 Å². The summed E-state index contributed by atoms with van der Waals surface area (Å²) >= 11 is 2.87. The molecule has 5 nitrogen and oxygen atoms in total. The number of benzene rings is 2. The molecule has 1 unspecified atom stereocenters. The Kier molecular flexibility index (Phi) is 6.47. The molecule has 0 radical (unpaired) electrons. The minimum Gasteiger partial charge on any atom is -0.358 e. The zero-order valence-corrected chi connectivity index (χ0v) is 17.1. The maximum absolute atomic E-state index is 13.0. The first-order chi connectivity index (χ1) is 13.0. The third-order valence-electron chi connectivity index (χ3n) is 3.70. The fraction of sp³-hybridized carbons (Fsp3) is 0.250. The predicted octanol–water partition coefficient (Wildman–Crippen LogP) is 5.14. The van der Waals surface area contributed by atoms with Gasteiger partial charge in [-0.15, -0.1) is 10.2 Å². The molecule has 1 atom stereocenters. The Hall–Kier alpha value is -2.38. The summed E-state index contributed by atoms with van der Waals surface area (Å²) in [6, 6.07) is 17.8. The van der Waals surface area contributed by atoms with E-state index in [0.29, 0.717) is 0 Å². The van der Waals surface area contributed by atoms with Crippen LogP contribution in [0.3, 0.4) is 0 Å². The highest BCUT2D eigenvalue weighted by atomic mass is 32.2. The maximum Gasteiger partial charge on any atom is 0.242 e. The average molecular weight is 399 g/mol. The number of hydrogen-bond acceptors (Lipinski definition) is 6. The minimum absolute atomic E-state index is 0.0800. The van der Waals surface area contributed by atoms with E-state index in [9.17, 15) is 4.79 Å². The monoisotopic (exact) mass is 398 g/mol. The number of amides is 1. The largest absolute Gasteiger partial charge is 0.358 e. The molecule has 27 heavy (non-hydrogen) atoms. The molecule has 1 heterocycles. The van der Waals surface area contributed by atoms with Gasteiger partial charge in [-0.3, -0.25) is 4.79 Å². The van der Waals surface area contributed by atoms with Gasteiger partial charge in [-0.2, -0.15) is 0 Å². The van der Waals surface area contributed by atoms with E-state index in [1.807, 2.05) is 61.5 Å². The molecular formula is C20H22N4OS2. The third kappa shape index (κ3) is 5.55.